The molecule has 1 fully saturated rings. The average molecular weight is 326 g/mol. The van der Waals surface area contributed by atoms with Gasteiger partial charge in [0.25, 0.3) is 11.8 Å². The predicted molar refractivity (Wildman–Crippen MR) is 90.5 cm³/mol. The number of rotatable bonds is 3. The number of benzene rings is 2. The van der Waals surface area contributed by atoms with Crippen molar-refractivity contribution >= 4 is 17.5 Å². The van der Waals surface area contributed by atoms with Gasteiger partial charge < -0.3 is 10.2 Å². The van der Waals surface area contributed by atoms with Gasteiger partial charge in [0.05, 0.1) is 0 Å². The number of likely N-dealkylation sites (tertiary alicyclic amines) is 1. The minimum Gasteiger partial charge on any atom is -0.339 e. The van der Waals surface area contributed by atoms with E-state index in [-0.39, 0.29) is 17.6 Å². The SMILES string of the molecule is O=C(Nc1cccc(C(=O)N2CCCCC2)c1)c1ccc(F)cc1. The molecule has 5 heteroatoms. The van der Waals surface area contributed by atoms with Gasteiger partial charge in [-0.15, -0.1) is 0 Å². The summed E-state index contributed by atoms with van der Waals surface area (Å²) in [7, 11) is 0. The first-order chi connectivity index (χ1) is 11.6. The molecule has 0 aliphatic carbocycles. The fourth-order valence-corrected chi connectivity index (χ4v) is 2.81. The van der Waals surface area contributed by atoms with Gasteiger partial charge in [0.1, 0.15) is 5.82 Å². The van der Waals surface area contributed by atoms with Crippen LogP contribution in [0.5, 0.6) is 0 Å². The van der Waals surface area contributed by atoms with Crippen LogP contribution in [0.25, 0.3) is 0 Å². The van der Waals surface area contributed by atoms with Crippen LogP contribution >= 0.6 is 0 Å². The highest BCUT2D eigenvalue weighted by Crippen LogP contribution is 2.17. The quantitative estimate of drug-likeness (QED) is 0.935. The zero-order valence-electron chi connectivity index (χ0n) is 13.3. The van der Waals surface area contributed by atoms with Crippen LogP contribution in [0.2, 0.25) is 0 Å². The average Bonchev–Trinajstić information content (AvgIpc) is 2.62. The molecular formula is C19H19FN2O2. The summed E-state index contributed by atoms with van der Waals surface area (Å²) in [5, 5.41) is 2.74. The van der Waals surface area contributed by atoms with E-state index in [1.54, 1.807) is 24.3 Å². The number of amides is 2. The van der Waals surface area contributed by atoms with Crippen LogP contribution in [0.3, 0.4) is 0 Å². The Labute approximate surface area is 140 Å². The summed E-state index contributed by atoms with van der Waals surface area (Å²) in [5.74, 6) is -0.731. The number of hydrogen-bond acceptors (Lipinski definition) is 2. The molecule has 2 amide bonds. The molecule has 0 unspecified atom stereocenters. The maximum absolute atomic E-state index is 12.9. The number of anilines is 1. The molecule has 1 N–H and O–H groups in total. The van der Waals surface area contributed by atoms with Crippen LogP contribution in [0, 0.1) is 5.82 Å². The van der Waals surface area contributed by atoms with Gasteiger partial charge in [0, 0.05) is 29.9 Å². The van der Waals surface area contributed by atoms with Gasteiger partial charge in [-0.1, -0.05) is 6.07 Å². The normalized spacial score (nSPS) is 14.3. The summed E-state index contributed by atoms with van der Waals surface area (Å²) >= 11 is 0. The van der Waals surface area contributed by atoms with Crippen molar-refractivity contribution in [1.82, 2.24) is 4.90 Å². The van der Waals surface area contributed by atoms with E-state index in [0.717, 1.165) is 32.4 Å². The number of nitrogens with zero attached hydrogens (tertiary/aromatic N) is 1. The van der Waals surface area contributed by atoms with E-state index in [1.807, 2.05) is 4.90 Å². The van der Waals surface area contributed by atoms with Crippen LogP contribution in [0.15, 0.2) is 48.5 Å². The first-order valence-electron chi connectivity index (χ1n) is 8.10. The fraction of sp³-hybridized carbons (Fsp3) is 0.263. The highest BCUT2D eigenvalue weighted by atomic mass is 19.1. The van der Waals surface area contributed by atoms with Crippen molar-refractivity contribution in [3.05, 3.63) is 65.5 Å². The molecule has 0 bridgehead atoms. The number of nitrogens with one attached hydrogen (secondary N) is 1. The Morgan fingerprint density at radius 1 is 0.917 bits per heavy atom. The van der Waals surface area contributed by atoms with E-state index in [0.29, 0.717) is 16.8 Å². The van der Waals surface area contributed by atoms with Gasteiger partial charge in [0.2, 0.25) is 0 Å². The maximum atomic E-state index is 12.9. The molecule has 0 radical (unpaired) electrons. The summed E-state index contributed by atoms with van der Waals surface area (Å²) in [5.41, 5.74) is 1.48. The topological polar surface area (TPSA) is 49.4 Å². The van der Waals surface area contributed by atoms with Gasteiger partial charge in [-0.2, -0.15) is 0 Å². The zero-order chi connectivity index (χ0) is 16.9. The number of piperidine rings is 1. The number of halogens is 1. The fourth-order valence-electron chi connectivity index (χ4n) is 2.81. The molecular weight excluding hydrogens is 307 g/mol. The Hall–Kier alpha value is -2.69. The summed E-state index contributed by atoms with van der Waals surface area (Å²) < 4.78 is 12.9. The molecule has 0 spiro atoms. The van der Waals surface area contributed by atoms with Crippen molar-refractivity contribution < 1.29 is 14.0 Å². The second-order valence-electron chi connectivity index (χ2n) is 5.89. The summed E-state index contributed by atoms with van der Waals surface area (Å²) in [6.07, 6.45) is 3.23. The minimum absolute atomic E-state index is 0.00687. The lowest BCUT2D eigenvalue weighted by molar-refractivity contribution is 0.0724. The third-order valence-electron chi connectivity index (χ3n) is 4.12. The smallest absolute Gasteiger partial charge is 0.255 e. The van der Waals surface area contributed by atoms with E-state index in [1.165, 1.54) is 24.3 Å². The molecule has 4 nitrogen and oxygen atoms in total. The molecule has 2 aromatic rings. The highest BCUT2D eigenvalue weighted by molar-refractivity contribution is 6.05. The molecule has 0 saturated carbocycles. The monoisotopic (exact) mass is 326 g/mol. The predicted octanol–water partition coefficient (Wildman–Crippen LogP) is 3.70. The second-order valence-corrected chi connectivity index (χ2v) is 5.89. The maximum Gasteiger partial charge on any atom is 0.255 e. The first kappa shape index (κ1) is 16.2. The van der Waals surface area contributed by atoms with Gasteiger partial charge in [-0.05, 0) is 61.7 Å². The molecule has 1 saturated heterocycles. The molecule has 124 valence electrons. The molecule has 1 aliphatic rings. The van der Waals surface area contributed by atoms with Crippen LogP contribution in [-0.4, -0.2) is 29.8 Å². The minimum atomic E-state index is -0.388. The molecule has 24 heavy (non-hydrogen) atoms. The van der Waals surface area contributed by atoms with Crippen molar-refractivity contribution in [3.8, 4) is 0 Å². The summed E-state index contributed by atoms with van der Waals surface area (Å²) in [6.45, 7) is 1.57. The standard InChI is InChI=1S/C19H19FN2O2/c20-16-9-7-14(8-10-16)18(23)21-17-6-4-5-15(13-17)19(24)22-11-2-1-3-12-22/h4-10,13H,1-3,11-12H2,(H,21,23). The van der Waals surface area contributed by atoms with Gasteiger partial charge >= 0.3 is 0 Å². The molecule has 1 aliphatic heterocycles. The Morgan fingerprint density at radius 2 is 1.62 bits per heavy atom. The van der Waals surface area contributed by atoms with Crippen molar-refractivity contribution in [1.29, 1.82) is 0 Å². The molecule has 3 rings (SSSR count). The summed E-state index contributed by atoms with van der Waals surface area (Å²) in [6, 6.07) is 12.2. The van der Waals surface area contributed by atoms with E-state index >= 15 is 0 Å². The number of carbonyl (C=O) groups is 2. The van der Waals surface area contributed by atoms with Gasteiger partial charge in [0.15, 0.2) is 0 Å². The Balaban J connectivity index is 1.71. The third kappa shape index (κ3) is 3.79. The van der Waals surface area contributed by atoms with Crippen molar-refractivity contribution in [2.45, 2.75) is 19.3 Å². The van der Waals surface area contributed by atoms with Crippen molar-refractivity contribution in [2.24, 2.45) is 0 Å². The zero-order valence-corrected chi connectivity index (χ0v) is 13.3. The summed E-state index contributed by atoms with van der Waals surface area (Å²) in [4.78, 5) is 26.5. The van der Waals surface area contributed by atoms with Gasteiger partial charge in [-0.3, -0.25) is 9.59 Å². The van der Waals surface area contributed by atoms with Crippen molar-refractivity contribution in [3.63, 3.8) is 0 Å². The highest BCUT2D eigenvalue weighted by Gasteiger charge is 2.18. The van der Waals surface area contributed by atoms with Crippen LogP contribution < -0.4 is 5.32 Å². The Morgan fingerprint density at radius 3 is 2.33 bits per heavy atom. The Bertz CT molecular complexity index is 737. The first-order valence-corrected chi connectivity index (χ1v) is 8.10. The van der Waals surface area contributed by atoms with E-state index < -0.39 is 0 Å². The lowest BCUT2D eigenvalue weighted by Gasteiger charge is -2.26. The van der Waals surface area contributed by atoms with Crippen LogP contribution in [0.4, 0.5) is 10.1 Å². The van der Waals surface area contributed by atoms with E-state index in [4.69, 9.17) is 0 Å². The lowest BCUT2D eigenvalue weighted by atomic mass is 10.1. The lowest BCUT2D eigenvalue weighted by Crippen LogP contribution is -2.35. The Kier molecular flexibility index (Phi) is 4.89. The third-order valence-corrected chi connectivity index (χ3v) is 4.12. The van der Waals surface area contributed by atoms with E-state index in [9.17, 15) is 14.0 Å². The van der Waals surface area contributed by atoms with Crippen LogP contribution in [0.1, 0.15) is 40.0 Å². The number of hydrogen-bond donors (Lipinski definition) is 1. The largest absolute Gasteiger partial charge is 0.339 e. The second kappa shape index (κ2) is 7.25. The molecule has 1 heterocycles. The number of carbonyl (C=O) groups excluding carboxylic acids is 2. The molecule has 2 aromatic carbocycles. The van der Waals surface area contributed by atoms with Gasteiger partial charge in [-0.25, -0.2) is 4.39 Å². The molecule has 0 atom stereocenters. The molecule has 0 aromatic heterocycles. The van der Waals surface area contributed by atoms with Crippen LogP contribution in [-0.2, 0) is 0 Å². The van der Waals surface area contributed by atoms with Crippen molar-refractivity contribution in [2.75, 3.05) is 18.4 Å². The van der Waals surface area contributed by atoms with E-state index in [2.05, 4.69) is 5.32 Å².